The summed E-state index contributed by atoms with van der Waals surface area (Å²) in [4.78, 5) is 11.8. The molecule has 2 rings (SSSR count). The Hall–Kier alpha value is -2.28. The number of hydrogen-bond donors (Lipinski definition) is 3. The molecule has 0 heterocycles. The van der Waals surface area contributed by atoms with Crippen molar-refractivity contribution in [3.8, 4) is 12.1 Å². The summed E-state index contributed by atoms with van der Waals surface area (Å²) in [6.45, 7) is 2.76. The lowest BCUT2D eigenvalue weighted by molar-refractivity contribution is -0.120. The molecule has 0 bridgehead atoms. The van der Waals surface area contributed by atoms with Crippen LogP contribution in [0.25, 0.3) is 10.8 Å². The molecular weight excluding hydrogens is 471 g/mol. The van der Waals surface area contributed by atoms with Gasteiger partial charge in [0.15, 0.2) is 0 Å². The number of nitrogens with one attached hydrogen (secondary N) is 2. The van der Waals surface area contributed by atoms with Crippen LogP contribution < -0.4 is 10.6 Å². The predicted octanol–water partition coefficient (Wildman–Crippen LogP) is 4.11. The summed E-state index contributed by atoms with van der Waals surface area (Å²) in [5.41, 5.74) is 2.84. The predicted molar refractivity (Wildman–Crippen MR) is 130 cm³/mol. The Bertz CT molecular complexity index is 1170. The molecule has 11 heteroatoms. The molecule has 0 aliphatic rings. The first kappa shape index (κ1) is 26.0. The number of rotatable bonds is 12. The van der Waals surface area contributed by atoms with Gasteiger partial charge in [-0.05, 0) is 30.1 Å². The molecule has 3 N–H and O–H groups in total. The van der Waals surface area contributed by atoms with Crippen LogP contribution in [0.1, 0.15) is 13.3 Å². The summed E-state index contributed by atoms with van der Waals surface area (Å²) in [7, 11) is -7.51. The van der Waals surface area contributed by atoms with E-state index in [1.54, 1.807) is 42.7 Å². The van der Waals surface area contributed by atoms with Crippen LogP contribution in [0.2, 0.25) is 0 Å². The van der Waals surface area contributed by atoms with Crippen LogP contribution in [0.4, 0.5) is 5.69 Å². The van der Waals surface area contributed by atoms with Crippen molar-refractivity contribution in [2.45, 2.75) is 18.2 Å². The molecule has 0 saturated carbocycles. The van der Waals surface area contributed by atoms with E-state index in [2.05, 4.69) is 16.3 Å². The van der Waals surface area contributed by atoms with Crippen LogP contribution >= 0.6 is 19.1 Å². The van der Waals surface area contributed by atoms with Crippen LogP contribution in [0.15, 0.2) is 52.5 Å². The Labute approximate surface area is 192 Å². The average Bonchev–Trinajstić information content (AvgIpc) is 2.75. The third-order valence-corrected chi connectivity index (χ3v) is 7.65. The fraction of sp³-hybridized carbons (Fsp3) is 0.286. The second kappa shape index (κ2) is 12.1. The second-order valence-corrected chi connectivity index (χ2v) is 10.9. The van der Waals surface area contributed by atoms with E-state index in [1.165, 1.54) is 23.6 Å². The van der Waals surface area contributed by atoms with Gasteiger partial charge in [0.25, 0.3) is 17.5 Å². The van der Waals surface area contributed by atoms with Gasteiger partial charge in [0.1, 0.15) is 4.90 Å². The summed E-state index contributed by atoms with van der Waals surface area (Å²) in [5, 5.41) is 8.60. The number of hydrogen-bond acceptors (Lipinski definition) is 7. The molecule has 2 aromatic rings. The van der Waals surface area contributed by atoms with E-state index < -0.39 is 17.5 Å². The first-order valence-electron chi connectivity index (χ1n) is 9.71. The molecular formula is C21H25N2O6PS2. The van der Waals surface area contributed by atoms with Crippen LogP contribution in [-0.2, 0) is 24.0 Å². The van der Waals surface area contributed by atoms with E-state index in [-0.39, 0.29) is 23.8 Å². The highest BCUT2D eigenvalue weighted by Crippen LogP contribution is 2.47. The topological polar surface area (TPSA) is 122 Å². The summed E-state index contributed by atoms with van der Waals surface area (Å²) < 4.78 is 49.6. The number of thioether (sulfide) groups is 1. The largest absolute Gasteiger partial charge is 0.383 e. The fourth-order valence-electron chi connectivity index (χ4n) is 2.81. The molecule has 0 aliphatic heterocycles. The monoisotopic (exact) mass is 496 g/mol. The van der Waals surface area contributed by atoms with E-state index in [0.717, 1.165) is 0 Å². The maximum Gasteiger partial charge on any atom is 0.296 e. The van der Waals surface area contributed by atoms with E-state index in [4.69, 9.17) is 10.9 Å². The van der Waals surface area contributed by atoms with Crippen molar-refractivity contribution in [2.75, 3.05) is 30.8 Å². The molecule has 1 unspecified atom stereocenters. The van der Waals surface area contributed by atoms with Gasteiger partial charge in [0, 0.05) is 47.5 Å². The summed E-state index contributed by atoms with van der Waals surface area (Å²) >= 11 is 1.32. The maximum absolute atomic E-state index is 12.0. The minimum absolute atomic E-state index is 0.135. The van der Waals surface area contributed by atoms with Crippen molar-refractivity contribution < 1.29 is 26.9 Å². The van der Waals surface area contributed by atoms with Gasteiger partial charge in [-0.3, -0.25) is 13.9 Å². The van der Waals surface area contributed by atoms with Crippen molar-refractivity contribution >= 4 is 51.6 Å². The fourth-order valence-corrected chi connectivity index (χ4v) is 5.57. The van der Waals surface area contributed by atoms with Crippen molar-refractivity contribution in [3.63, 3.8) is 0 Å². The van der Waals surface area contributed by atoms with Crippen molar-refractivity contribution in [3.05, 3.63) is 47.6 Å². The van der Waals surface area contributed by atoms with E-state index in [9.17, 15) is 22.3 Å². The highest BCUT2D eigenvalue weighted by molar-refractivity contribution is 8.02. The van der Waals surface area contributed by atoms with Gasteiger partial charge in [0.2, 0.25) is 5.91 Å². The number of anilines is 1. The highest BCUT2D eigenvalue weighted by Gasteiger charge is 2.15. The number of carbonyl (C=O) groups excluding carboxylic acids is 1. The first-order valence-corrected chi connectivity index (χ1v) is 13.9. The van der Waals surface area contributed by atoms with Crippen molar-refractivity contribution in [1.82, 2.24) is 5.32 Å². The van der Waals surface area contributed by atoms with Crippen LogP contribution in [-0.4, -0.2) is 44.3 Å². The maximum atomic E-state index is 12.0. The molecule has 0 aromatic heterocycles. The summed E-state index contributed by atoms with van der Waals surface area (Å²) in [6.07, 6.45) is 5.49. The third-order valence-electron chi connectivity index (χ3n) is 4.22. The van der Waals surface area contributed by atoms with Gasteiger partial charge < -0.3 is 15.2 Å². The molecule has 32 heavy (non-hydrogen) atoms. The van der Waals surface area contributed by atoms with Crippen molar-refractivity contribution in [1.29, 1.82) is 0 Å². The number of amides is 1. The third kappa shape index (κ3) is 7.69. The second-order valence-electron chi connectivity index (χ2n) is 6.46. The Kier molecular flexibility index (Phi) is 9.82. The molecule has 0 spiro atoms. The molecule has 0 aliphatic carbocycles. The molecule has 2 aromatic carbocycles. The minimum Gasteiger partial charge on any atom is -0.383 e. The number of fused-ring (bicyclic) bond motifs is 1. The average molecular weight is 497 g/mol. The van der Waals surface area contributed by atoms with Gasteiger partial charge in [-0.25, -0.2) is 0 Å². The summed E-state index contributed by atoms with van der Waals surface area (Å²) in [6, 6.07) is 9.75. The van der Waals surface area contributed by atoms with Gasteiger partial charge in [-0.2, -0.15) is 8.42 Å². The van der Waals surface area contributed by atoms with Crippen LogP contribution in [0.3, 0.4) is 0 Å². The van der Waals surface area contributed by atoms with Crippen LogP contribution in [0, 0.1) is 12.1 Å². The smallest absolute Gasteiger partial charge is 0.296 e. The van der Waals surface area contributed by atoms with Gasteiger partial charge in [-0.15, -0.1) is 18.2 Å². The Morgan fingerprint density at radius 1 is 1.25 bits per heavy atom. The molecule has 1 atom stereocenters. The van der Waals surface area contributed by atoms with Crippen LogP contribution in [0.5, 0.6) is 0 Å². The normalized spacial score (nSPS) is 13.5. The van der Waals surface area contributed by atoms with Gasteiger partial charge >= 0.3 is 0 Å². The number of carbonyl (C=O) groups is 1. The standard InChI is InChI=1S/C21H25N2O6PS2/c1-3-29-30(25,4-2)14-16-31-15-11-21(24)23-13-12-22-19-9-5-8-18-17(19)7-6-10-20(18)32(26,27)28/h2,5-10,14,16,22H,3,11-13,15H2,1H3,(H,23,24)(H,26,27,28)/b16-14+. The molecule has 0 radical (unpaired) electrons. The first-order chi connectivity index (χ1) is 15.2. The Morgan fingerprint density at radius 2 is 1.97 bits per heavy atom. The van der Waals surface area contributed by atoms with Gasteiger partial charge in [-0.1, -0.05) is 24.3 Å². The lowest BCUT2D eigenvalue weighted by atomic mass is 10.1. The summed E-state index contributed by atoms with van der Waals surface area (Å²) in [5.74, 6) is 1.72. The van der Waals surface area contributed by atoms with E-state index in [0.29, 0.717) is 35.3 Å². The zero-order valence-corrected chi connectivity index (χ0v) is 20.0. The van der Waals surface area contributed by atoms with Gasteiger partial charge in [0.05, 0.1) is 6.61 Å². The van der Waals surface area contributed by atoms with E-state index in [1.807, 2.05) is 0 Å². The zero-order chi connectivity index (χ0) is 23.6. The SMILES string of the molecule is C#CP(=O)(/C=C/SCCC(=O)NCCNc1cccc2c(S(=O)(=O)O)cccc12)OCC. The molecule has 0 fully saturated rings. The van der Waals surface area contributed by atoms with Crippen molar-refractivity contribution in [2.24, 2.45) is 0 Å². The lowest BCUT2D eigenvalue weighted by Crippen LogP contribution is -2.28. The molecule has 8 nitrogen and oxygen atoms in total. The number of benzene rings is 2. The quantitative estimate of drug-likeness (QED) is 0.174. The highest BCUT2D eigenvalue weighted by atomic mass is 32.2. The zero-order valence-electron chi connectivity index (χ0n) is 17.5. The molecule has 1 amide bonds. The minimum atomic E-state index is -4.33. The lowest BCUT2D eigenvalue weighted by Gasteiger charge is -2.12. The van der Waals surface area contributed by atoms with E-state index >= 15 is 0 Å². The Morgan fingerprint density at radius 3 is 2.66 bits per heavy atom. The number of terminal acetylenes is 1. The Balaban J connectivity index is 1.80. The molecule has 172 valence electrons. The molecule has 0 saturated heterocycles.